The molecule has 2 rings (SSSR count). The van der Waals surface area contributed by atoms with E-state index in [0.717, 1.165) is 0 Å². The maximum Gasteiger partial charge on any atom is 0.243 e. The Hall–Kier alpha value is -0.970. The van der Waals surface area contributed by atoms with Crippen molar-refractivity contribution in [3.63, 3.8) is 0 Å². The standard InChI is InChI=1S/C10H18N4O4S2/c11-3-4-14-7-10(6-12-14)20(17,18)13-9-2-1-5-19(15,16)8-9/h6-7,9,13H,1-5,8,11H2. The van der Waals surface area contributed by atoms with Crippen molar-refractivity contribution in [1.82, 2.24) is 14.5 Å². The fraction of sp³-hybridized carbons (Fsp3) is 0.700. The molecular weight excluding hydrogens is 304 g/mol. The largest absolute Gasteiger partial charge is 0.329 e. The van der Waals surface area contributed by atoms with E-state index in [4.69, 9.17) is 5.73 Å². The number of aromatic nitrogens is 2. The first-order valence-corrected chi connectivity index (χ1v) is 9.58. The summed E-state index contributed by atoms with van der Waals surface area (Å²) in [5.74, 6) is -0.0250. The van der Waals surface area contributed by atoms with Gasteiger partial charge >= 0.3 is 0 Å². The predicted octanol–water partition coefficient (Wildman–Crippen LogP) is -1.30. The van der Waals surface area contributed by atoms with Crippen LogP contribution in [-0.2, 0) is 26.4 Å². The zero-order chi connectivity index (χ0) is 14.8. The van der Waals surface area contributed by atoms with Gasteiger partial charge in [-0.05, 0) is 12.8 Å². The van der Waals surface area contributed by atoms with E-state index in [0.29, 0.717) is 25.9 Å². The molecule has 1 aromatic heterocycles. The quantitative estimate of drug-likeness (QED) is 0.694. The molecular formula is C10H18N4O4S2. The highest BCUT2D eigenvalue weighted by Gasteiger charge is 2.29. The van der Waals surface area contributed by atoms with Gasteiger partial charge in [-0.25, -0.2) is 21.6 Å². The third-order valence-corrected chi connectivity index (χ3v) is 6.36. The topological polar surface area (TPSA) is 124 Å². The van der Waals surface area contributed by atoms with Crippen LogP contribution in [0.3, 0.4) is 0 Å². The van der Waals surface area contributed by atoms with Gasteiger partial charge in [0.2, 0.25) is 10.0 Å². The minimum Gasteiger partial charge on any atom is -0.329 e. The van der Waals surface area contributed by atoms with E-state index in [2.05, 4.69) is 9.82 Å². The molecule has 0 saturated carbocycles. The van der Waals surface area contributed by atoms with Crippen LogP contribution >= 0.6 is 0 Å². The fourth-order valence-electron chi connectivity index (χ4n) is 2.14. The number of hydrogen-bond donors (Lipinski definition) is 2. The van der Waals surface area contributed by atoms with Gasteiger partial charge in [0, 0.05) is 18.8 Å². The zero-order valence-corrected chi connectivity index (χ0v) is 12.5. The second kappa shape index (κ2) is 5.80. The summed E-state index contributed by atoms with van der Waals surface area (Å²) >= 11 is 0. The van der Waals surface area contributed by atoms with E-state index < -0.39 is 25.9 Å². The molecule has 0 aliphatic carbocycles. The van der Waals surface area contributed by atoms with E-state index >= 15 is 0 Å². The Labute approximate surface area is 118 Å². The van der Waals surface area contributed by atoms with Crippen molar-refractivity contribution in [3.8, 4) is 0 Å². The highest BCUT2D eigenvalue weighted by Crippen LogP contribution is 2.15. The molecule has 20 heavy (non-hydrogen) atoms. The number of sulfonamides is 1. The molecule has 1 unspecified atom stereocenters. The zero-order valence-electron chi connectivity index (χ0n) is 10.9. The van der Waals surface area contributed by atoms with Crippen LogP contribution in [0.5, 0.6) is 0 Å². The van der Waals surface area contributed by atoms with Crippen LogP contribution in [0.2, 0.25) is 0 Å². The highest BCUT2D eigenvalue weighted by atomic mass is 32.2. The molecule has 1 fully saturated rings. The van der Waals surface area contributed by atoms with Crippen LogP contribution in [0.25, 0.3) is 0 Å². The molecule has 0 radical (unpaired) electrons. The first-order valence-electron chi connectivity index (χ1n) is 6.28. The van der Waals surface area contributed by atoms with Gasteiger partial charge in [0.1, 0.15) is 4.90 Å². The summed E-state index contributed by atoms with van der Waals surface area (Å²) in [5, 5.41) is 3.89. The third-order valence-electron chi connectivity index (χ3n) is 3.06. The number of nitrogens with zero attached hydrogens (tertiary/aromatic N) is 2. The van der Waals surface area contributed by atoms with Gasteiger partial charge in [0.15, 0.2) is 9.84 Å². The molecule has 1 saturated heterocycles. The van der Waals surface area contributed by atoms with Gasteiger partial charge in [-0.1, -0.05) is 0 Å². The average Bonchev–Trinajstić information content (AvgIpc) is 2.77. The van der Waals surface area contributed by atoms with Gasteiger partial charge in [0.25, 0.3) is 0 Å². The molecule has 0 bridgehead atoms. The van der Waals surface area contributed by atoms with Crippen LogP contribution < -0.4 is 10.5 Å². The maximum atomic E-state index is 12.1. The summed E-state index contributed by atoms with van der Waals surface area (Å²) in [7, 11) is -6.90. The van der Waals surface area contributed by atoms with E-state index in [-0.39, 0.29) is 16.4 Å². The molecule has 8 nitrogen and oxygen atoms in total. The van der Waals surface area contributed by atoms with Crippen molar-refractivity contribution in [3.05, 3.63) is 12.4 Å². The summed E-state index contributed by atoms with van der Waals surface area (Å²) in [6, 6.07) is -0.573. The molecule has 0 aromatic carbocycles. The van der Waals surface area contributed by atoms with E-state index in [1.165, 1.54) is 17.1 Å². The number of nitrogens with two attached hydrogens (primary N) is 1. The molecule has 10 heteroatoms. The lowest BCUT2D eigenvalue weighted by Gasteiger charge is -2.22. The van der Waals surface area contributed by atoms with Crippen molar-refractivity contribution in [2.75, 3.05) is 18.1 Å². The van der Waals surface area contributed by atoms with Crippen LogP contribution in [0, 0.1) is 0 Å². The lowest BCUT2D eigenvalue weighted by atomic mass is 10.2. The Morgan fingerprint density at radius 3 is 2.90 bits per heavy atom. The first kappa shape index (κ1) is 15.4. The van der Waals surface area contributed by atoms with Crippen molar-refractivity contribution in [2.24, 2.45) is 5.73 Å². The summed E-state index contributed by atoms with van der Waals surface area (Å²) in [6.45, 7) is 0.781. The molecule has 1 aromatic rings. The molecule has 1 aliphatic rings. The summed E-state index contributed by atoms with van der Waals surface area (Å²) in [5.41, 5.74) is 5.37. The van der Waals surface area contributed by atoms with Gasteiger partial charge in [-0.2, -0.15) is 5.10 Å². The van der Waals surface area contributed by atoms with Crippen LogP contribution in [0.15, 0.2) is 17.3 Å². The Morgan fingerprint density at radius 1 is 1.50 bits per heavy atom. The molecule has 2 heterocycles. The van der Waals surface area contributed by atoms with Gasteiger partial charge in [-0.3, -0.25) is 4.68 Å². The molecule has 0 spiro atoms. The fourth-order valence-corrected chi connectivity index (χ4v) is 5.11. The molecule has 1 atom stereocenters. The second-order valence-electron chi connectivity index (χ2n) is 4.80. The first-order chi connectivity index (χ1) is 9.32. The van der Waals surface area contributed by atoms with Crippen molar-refractivity contribution in [1.29, 1.82) is 0 Å². The molecule has 1 aliphatic heterocycles. The van der Waals surface area contributed by atoms with Gasteiger partial charge in [0.05, 0.1) is 24.2 Å². The van der Waals surface area contributed by atoms with Crippen molar-refractivity contribution < 1.29 is 16.8 Å². The van der Waals surface area contributed by atoms with Crippen molar-refractivity contribution in [2.45, 2.75) is 30.3 Å². The van der Waals surface area contributed by atoms with Crippen LogP contribution in [0.1, 0.15) is 12.8 Å². The lowest BCUT2D eigenvalue weighted by Crippen LogP contribution is -2.43. The Kier molecular flexibility index (Phi) is 4.47. The normalized spacial score (nSPS) is 22.8. The number of rotatable bonds is 5. The molecule has 0 amide bonds. The minimum atomic E-state index is -3.75. The second-order valence-corrected chi connectivity index (χ2v) is 8.75. The maximum absolute atomic E-state index is 12.1. The van der Waals surface area contributed by atoms with Gasteiger partial charge < -0.3 is 5.73 Å². The number of sulfone groups is 1. The van der Waals surface area contributed by atoms with Crippen LogP contribution in [0.4, 0.5) is 0 Å². The van der Waals surface area contributed by atoms with E-state index in [1.54, 1.807) is 0 Å². The molecule has 114 valence electrons. The summed E-state index contributed by atoms with van der Waals surface area (Å²) in [6.07, 6.45) is 3.61. The Balaban J connectivity index is 2.10. The third kappa shape index (κ3) is 3.78. The monoisotopic (exact) mass is 322 g/mol. The number of nitrogens with one attached hydrogen (secondary N) is 1. The lowest BCUT2D eigenvalue weighted by molar-refractivity contribution is 0.517. The Morgan fingerprint density at radius 2 is 2.25 bits per heavy atom. The minimum absolute atomic E-state index is 0.0221. The van der Waals surface area contributed by atoms with Crippen molar-refractivity contribution >= 4 is 19.9 Å². The predicted molar refractivity (Wildman–Crippen MR) is 73.3 cm³/mol. The Bertz CT molecular complexity index is 665. The van der Waals surface area contributed by atoms with E-state index in [9.17, 15) is 16.8 Å². The molecule has 3 N–H and O–H groups in total. The van der Waals surface area contributed by atoms with Gasteiger partial charge in [-0.15, -0.1) is 0 Å². The highest BCUT2D eigenvalue weighted by molar-refractivity contribution is 7.91. The SMILES string of the molecule is NCCn1cc(S(=O)(=O)NC2CCCS(=O)(=O)C2)cn1. The number of hydrogen-bond acceptors (Lipinski definition) is 6. The van der Waals surface area contributed by atoms with E-state index in [1.807, 2.05) is 0 Å². The summed E-state index contributed by atoms with van der Waals surface area (Å²) < 4.78 is 51.2. The smallest absolute Gasteiger partial charge is 0.243 e. The van der Waals surface area contributed by atoms with Crippen LogP contribution in [-0.4, -0.2) is 50.7 Å². The average molecular weight is 322 g/mol. The summed E-state index contributed by atoms with van der Waals surface area (Å²) in [4.78, 5) is 0.0221.